The van der Waals surface area contributed by atoms with E-state index in [1.165, 1.54) is 36.9 Å². The predicted octanol–water partition coefficient (Wildman–Crippen LogP) is 2.44. The van der Waals surface area contributed by atoms with Crippen molar-refractivity contribution in [1.82, 2.24) is 24.2 Å². The minimum Gasteiger partial charge on any atom is -0.394 e. The van der Waals surface area contributed by atoms with Gasteiger partial charge in [0.2, 0.25) is 0 Å². The number of hydrogen-bond donors (Lipinski definition) is 1. The third-order valence-electron chi connectivity index (χ3n) is 5.58. The lowest BCUT2D eigenvalue weighted by Crippen LogP contribution is -2.39. The second-order valence-electron chi connectivity index (χ2n) is 7.17. The lowest BCUT2D eigenvalue weighted by Gasteiger charge is -2.36. The van der Waals surface area contributed by atoms with E-state index in [0.717, 1.165) is 31.2 Å². The largest absolute Gasteiger partial charge is 0.394 e. The summed E-state index contributed by atoms with van der Waals surface area (Å²) in [6.07, 6.45) is 9.01. The van der Waals surface area contributed by atoms with Crippen LogP contribution in [-0.4, -0.2) is 48.5 Å². The van der Waals surface area contributed by atoms with Crippen molar-refractivity contribution in [3.8, 4) is 0 Å². The topological polar surface area (TPSA) is 59.1 Å². The van der Waals surface area contributed by atoms with Gasteiger partial charge in [-0.3, -0.25) is 9.58 Å². The van der Waals surface area contributed by atoms with Crippen LogP contribution < -0.4 is 0 Å². The molecule has 6 heteroatoms. The number of rotatable bonds is 7. The number of aliphatic hydroxyl groups is 1. The molecule has 2 aromatic rings. The molecule has 1 aliphatic heterocycles. The Bertz CT molecular complexity index is 690. The number of likely N-dealkylation sites (tertiary alicyclic amines) is 1. The Morgan fingerprint density at radius 3 is 2.76 bits per heavy atom. The molecule has 0 amide bonds. The van der Waals surface area contributed by atoms with Gasteiger partial charge in [-0.25, -0.2) is 4.98 Å². The maximum atomic E-state index is 9.21. The van der Waals surface area contributed by atoms with Gasteiger partial charge < -0.3 is 9.67 Å². The molecule has 3 rings (SSSR count). The molecular formula is C19H31N5O. The van der Waals surface area contributed by atoms with Crippen LogP contribution in [0.15, 0.2) is 12.4 Å². The molecule has 0 aliphatic carbocycles. The molecule has 1 aliphatic rings. The SMILES string of the molecule is Cc1nn(CCO)c(C)c1CN1CCCCC1CCn1ccnc1C. The maximum Gasteiger partial charge on any atom is 0.105 e. The molecule has 1 atom stereocenters. The van der Waals surface area contributed by atoms with Crippen LogP contribution in [-0.2, 0) is 19.6 Å². The van der Waals surface area contributed by atoms with Crippen LogP contribution in [0, 0.1) is 20.8 Å². The van der Waals surface area contributed by atoms with E-state index < -0.39 is 0 Å². The van der Waals surface area contributed by atoms with Crippen LogP contribution in [0.25, 0.3) is 0 Å². The Kier molecular flexibility index (Phi) is 5.91. The molecule has 3 heterocycles. The summed E-state index contributed by atoms with van der Waals surface area (Å²) < 4.78 is 4.20. The third kappa shape index (κ3) is 4.12. The van der Waals surface area contributed by atoms with Crippen LogP contribution in [0.5, 0.6) is 0 Å². The molecule has 0 radical (unpaired) electrons. The van der Waals surface area contributed by atoms with E-state index in [1.54, 1.807) is 0 Å². The summed E-state index contributed by atoms with van der Waals surface area (Å²) in [4.78, 5) is 6.96. The second-order valence-corrected chi connectivity index (χ2v) is 7.17. The number of piperidine rings is 1. The number of aryl methyl sites for hydroxylation is 3. The first-order valence-corrected chi connectivity index (χ1v) is 9.45. The number of nitrogens with zero attached hydrogens (tertiary/aromatic N) is 5. The summed E-state index contributed by atoms with van der Waals surface area (Å²) >= 11 is 0. The summed E-state index contributed by atoms with van der Waals surface area (Å²) in [5, 5.41) is 13.8. The van der Waals surface area contributed by atoms with Crippen molar-refractivity contribution in [3.63, 3.8) is 0 Å². The highest BCUT2D eigenvalue weighted by Gasteiger charge is 2.24. The number of aromatic nitrogens is 4. The molecule has 1 saturated heterocycles. The van der Waals surface area contributed by atoms with Crippen molar-refractivity contribution in [3.05, 3.63) is 35.2 Å². The van der Waals surface area contributed by atoms with Crippen LogP contribution in [0.4, 0.5) is 0 Å². The lowest BCUT2D eigenvalue weighted by atomic mass is 9.98. The maximum absolute atomic E-state index is 9.21. The molecule has 0 saturated carbocycles. The summed E-state index contributed by atoms with van der Waals surface area (Å²) in [5.41, 5.74) is 3.63. The highest BCUT2D eigenvalue weighted by atomic mass is 16.3. The molecule has 138 valence electrons. The molecular weight excluding hydrogens is 314 g/mol. The van der Waals surface area contributed by atoms with Gasteiger partial charge in [-0.15, -0.1) is 0 Å². The molecule has 6 nitrogen and oxygen atoms in total. The molecule has 0 spiro atoms. The Morgan fingerprint density at radius 1 is 1.20 bits per heavy atom. The Morgan fingerprint density at radius 2 is 2.04 bits per heavy atom. The zero-order valence-electron chi connectivity index (χ0n) is 15.8. The average Bonchev–Trinajstić information content (AvgIpc) is 3.12. The normalized spacial score (nSPS) is 18.8. The summed E-state index contributed by atoms with van der Waals surface area (Å²) in [7, 11) is 0. The number of aliphatic hydroxyl groups excluding tert-OH is 1. The lowest BCUT2D eigenvalue weighted by molar-refractivity contribution is 0.127. The quantitative estimate of drug-likeness (QED) is 0.837. The first kappa shape index (κ1) is 18.1. The van der Waals surface area contributed by atoms with E-state index in [2.05, 4.69) is 46.5 Å². The van der Waals surface area contributed by atoms with E-state index in [0.29, 0.717) is 12.6 Å². The van der Waals surface area contributed by atoms with Crippen molar-refractivity contribution >= 4 is 0 Å². The summed E-state index contributed by atoms with van der Waals surface area (Å²) in [5.74, 6) is 1.10. The van der Waals surface area contributed by atoms with Gasteiger partial charge in [-0.2, -0.15) is 5.10 Å². The number of hydrogen-bond acceptors (Lipinski definition) is 4. The highest BCUT2D eigenvalue weighted by Crippen LogP contribution is 2.25. The second kappa shape index (κ2) is 8.15. The van der Waals surface area contributed by atoms with Gasteiger partial charge in [-0.05, 0) is 46.6 Å². The molecule has 1 unspecified atom stereocenters. The fourth-order valence-corrected chi connectivity index (χ4v) is 4.00. The van der Waals surface area contributed by atoms with Gasteiger partial charge >= 0.3 is 0 Å². The fraction of sp³-hybridized carbons (Fsp3) is 0.684. The van der Waals surface area contributed by atoms with Crippen molar-refractivity contribution in [2.75, 3.05) is 13.2 Å². The average molecular weight is 345 g/mol. The Balaban J connectivity index is 1.68. The minimum absolute atomic E-state index is 0.137. The van der Waals surface area contributed by atoms with E-state index >= 15 is 0 Å². The summed E-state index contributed by atoms with van der Waals surface area (Å²) in [6, 6.07) is 0.621. The van der Waals surface area contributed by atoms with Crippen molar-refractivity contribution in [2.24, 2.45) is 0 Å². The Labute approximate surface area is 150 Å². The molecule has 1 N–H and O–H groups in total. The Hall–Kier alpha value is -1.66. The van der Waals surface area contributed by atoms with Crippen LogP contribution in [0.3, 0.4) is 0 Å². The van der Waals surface area contributed by atoms with E-state index in [-0.39, 0.29) is 6.61 Å². The summed E-state index contributed by atoms with van der Waals surface area (Å²) in [6.45, 7) is 10.2. The van der Waals surface area contributed by atoms with Gasteiger partial charge in [0.1, 0.15) is 5.82 Å². The van der Waals surface area contributed by atoms with Gasteiger partial charge in [-0.1, -0.05) is 6.42 Å². The van der Waals surface area contributed by atoms with Gasteiger partial charge in [0, 0.05) is 42.8 Å². The number of imidazole rings is 1. The van der Waals surface area contributed by atoms with E-state index in [1.807, 2.05) is 10.9 Å². The van der Waals surface area contributed by atoms with Gasteiger partial charge in [0.05, 0.1) is 18.8 Å². The first-order chi connectivity index (χ1) is 12.1. The first-order valence-electron chi connectivity index (χ1n) is 9.45. The third-order valence-corrected chi connectivity index (χ3v) is 5.58. The van der Waals surface area contributed by atoms with Crippen LogP contribution >= 0.6 is 0 Å². The zero-order valence-corrected chi connectivity index (χ0v) is 15.8. The van der Waals surface area contributed by atoms with Crippen LogP contribution in [0.1, 0.15) is 48.5 Å². The van der Waals surface area contributed by atoms with Gasteiger partial charge in [0.25, 0.3) is 0 Å². The minimum atomic E-state index is 0.137. The molecule has 2 aromatic heterocycles. The van der Waals surface area contributed by atoms with E-state index in [9.17, 15) is 5.11 Å². The predicted molar refractivity (Wildman–Crippen MR) is 98.4 cm³/mol. The standard InChI is InChI=1S/C19H31N5O/c1-15-19(16(2)24(21-15)12-13-25)14-23-9-5-4-6-18(23)7-10-22-11-8-20-17(22)3/h8,11,18,25H,4-7,9-10,12-14H2,1-3H3. The van der Waals surface area contributed by atoms with Crippen molar-refractivity contribution < 1.29 is 5.11 Å². The monoisotopic (exact) mass is 345 g/mol. The molecule has 0 aromatic carbocycles. The molecule has 1 fully saturated rings. The van der Waals surface area contributed by atoms with Crippen LogP contribution in [0.2, 0.25) is 0 Å². The smallest absolute Gasteiger partial charge is 0.105 e. The van der Waals surface area contributed by atoms with Crippen molar-refractivity contribution in [1.29, 1.82) is 0 Å². The van der Waals surface area contributed by atoms with Gasteiger partial charge in [0.15, 0.2) is 0 Å². The van der Waals surface area contributed by atoms with E-state index in [4.69, 9.17) is 0 Å². The fourth-order valence-electron chi connectivity index (χ4n) is 4.00. The molecule has 0 bridgehead atoms. The van der Waals surface area contributed by atoms with Crippen molar-refractivity contribution in [2.45, 2.75) is 72.1 Å². The molecule has 25 heavy (non-hydrogen) atoms. The zero-order chi connectivity index (χ0) is 17.8. The highest BCUT2D eigenvalue weighted by molar-refractivity contribution is 5.24.